The van der Waals surface area contributed by atoms with Crippen LogP contribution in [0.2, 0.25) is 5.02 Å². The van der Waals surface area contributed by atoms with E-state index in [2.05, 4.69) is 28.8 Å². The van der Waals surface area contributed by atoms with Gasteiger partial charge in [0.25, 0.3) is 5.91 Å². The number of amidine groups is 1. The topological polar surface area (TPSA) is 68.7 Å². The Bertz CT molecular complexity index is 921. The Morgan fingerprint density at radius 2 is 2.06 bits per heavy atom. The van der Waals surface area contributed by atoms with Crippen LogP contribution in [0.1, 0.15) is 19.3 Å². The number of fused-ring (bicyclic) bond motifs is 1. The van der Waals surface area contributed by atoms with Gasteiger partial charge in [0.1, 0.15) is 19.1 Å². The molecular formula is C25H40ClN5O3S. The summed E-state index contributed by atoms with van der Waals surface area (Å²) in [7, 11) is 3.37. The Kier molecular flexibility index (Phi) is 9.86. The quantitative estimate of drug-likeness (QED) is 0.328. The second-order valence-corrected chi connectivity index (χ2v) is 15.4. The van der Waals surface area contributed by atoms with Crippen molar-refractivity contribution in [3.63, 3.8) is 0 Å². The predicted octanol–water partition coefficient (Wildman–Crippen LogP) is 3.16. The van der Waals surface area contributed by atoms with Crippen molar-refractivity contribution in [3.8, 4) is 0 Å². The molecule has 1 atom stereocenters. The smallest absolute Gasteiger partial charge is 0.262 e. The van der Waals surface area contributed by atoms with Crippen LogP contribution in [-0.2, 0) is 14.3 Å². The summed E-state index contributed by atoms with van der Waals surface area (Å²) >= 11 is 6.23. The zero-order valence-electron chi connectivity index (χ0n) is 21.7. The van der Waals surface area contributed by atoms with Gasteiger partial charge < -0.3 is 14.5 Å². The lowest BCUT2D eigenvalue weighted by molar-refractivity contribution is -0.134. The average Bonchev–Trinajstić information content (AvgIpc) is 2.77. The van der Waals surface area contributed by atoms with Crippen molar-refractivity contribution in [1.82, 2.24) is 14.8 Å². The standard InChI is InChI=1S/C25H40ClN5O3S/c1-28(2)12-7-13-31-24(32)18-29-17-20(10-11-23(29)27-31)25(33)30(19-34-14-15-35(3,4)5)22-9-6-8-21(26)16-22/h6,8-9,16,20H,7,10-15,17-19H2,1-5H3. The van der Waals surface area contributed by atoms with E-state index in [9.17, 15) is 9.59 Å². The van der Waals surface area contributed by atoms with Gasteiger partial charge >= 0.3 is 0 Å². The first-order valence-electron chi connectivity index (χ1n) is 12.1. The lowest BCUT2D eigenvalue weighted by Gasteiger charge is -2.40. The first-order chi connectivity index (χ1) is 16.5. The van der Waals surface area contributed by atoms with Gasteiger partial charge in [-0.1, -0.05) is 17.7 Å². The molecule has 0 aliphatic carbocycles. The molecule has 0 spiro atoms. The largest absolute Gasteiger partial charge is 0.360 e. The van der Waals surface area contributed by atoms with E-state index in [-0.39, 0.29) is 31.0 Å². The maximum Gasteiger partial charge on any atom is 0.262 e. The van der Waals surface area contributed by atoms with Crippen molar-refractivity contribution >= 4 is 45.0 Å². The summed E-state index contributed by atoms with van der Waals surface area (Å²) in [5, 5.41) is 6.79. The Morgan fingerprint density at radius 3 is 2.74 bits per heavy atom. The van der Waals surface area contributed by atoms with Gasteiger partial charge in [0.2, 0.25) is 5.91 Å². The van der Waals surface area contributed by atoms with E-state index in [4.69, 9.17) is 16.3 Å². The number of hydrogen-bond donors (Lipinski definition) is 0. The summed E-state index contributed by atoms with van der Waals surface area (Å²) in [5.74, 6) is 1.63. The summed E-state index contributed by atoms with van der Waals surface area (Å²) in [6.45, 7) is 3.07. The number of halogens is 1. The molecule has 1 fully saturated rings. The van der Waals surface area contributed by atoms with Gasteiger partial charge in [-0.25, -0.2) is 15.0 Å². The highest BCUT2D eigenvalue weighted by Crippen LogP contribution is 2.33. The van der Waals surface area contributed by atoms with Crippen molar-refractivity contribution in [2.24, 2.45) is 11.0 Å². The molecule has 0 radical (unpaired) electrons. The van der Waals surface area contributed by atoms with E-state index >= 15 is 0 Å². The molecule has 1 aromatic carbocycles. The minimum Gasteiger partial charge on any atom is -0.360 e. The number of amides is 2. The zero-order chi connectivity index (χ0) is 25.6. The van der Waals surface area contributed by atoms with Crippen LogP contribution in [0, 0.1) is 5.92 Å². The minimum absolute atomic E-state index is 0.00437. The number of benzene rings is 1. The predicted molar refractivity (Wildman–Crippen MR) is 147 cm³/mol. The van der Waals surface area contributed by atoms with Crippen LogP contribution in [0.15, 0.2) is 29.4 Å². The number of carbonyl (C=O) groups excluding carboxylic acids is 2. The first-order valence-corrected chi connectivity index (χ1v) is 15.5. The van der Waals surface area contributed by atoms with E-state index in [1.165, 1.54) is 0 Å². The van der Waals surface area contributed by atoms with Crippen LogP contribution in [-0.4, -0.2) is 111 Å². The second-order valence-electron chi connectivity index (χ2n) is 10.4. The van der Waals surface area contributed by atoms with E-state index in [1.807, 2.05) is 31.1 Å². The number of piperidine rings is 1. The molecule has 1 saturated heterocycles. The van der Waals surface area contributed by atoms with Crippen molar-refractivity contribution in [2.45, 2.75) is 19.3 Å². The van der Waals surface area contributed by atoms with Gasteiger partial charge in [-0.05, 0) is 70.4 Å². The molecule has 0 saturated carbocycles. The molecule has 3 rings (SSSR count). The number of rotatable bonds is 11. The van der Waals surface area contributed by atoms with Crippen molar-refractivity contribution in [3.05, 3.63) is 29.3 Å². The van der Waals surface area contributed by atoms with E-state index in [1.54, 1.807) is 22.0 Å². The molecule has 0 bridgehead atoms. The first kappa shape index (κ1) is 27.8. The number of hydrazone groups is 1. The number of anilines is 1. The summed E-state index contributed by atoms with van der Waals surface area (Å²) in [4.78, 5) is 32.1. The normalized spacial score (nSPS) is 19.0. The van der Waals surface area contributed by atoms with Gasteiger partial charge in [0, 0.05) is 36.0 Å². The maximum atomic E-state index is 13.7. The van der Waals surface area contributed by atoms with Crippen molar-refractivity contribution < 1.29 is 14.3 Å². The molecule has 2 heterocycles. The average molecular weight is 526 g/mol. The van der Waals surface area contributed by atoms with Crippen LogP contribution in [0.25, 0.3) is 0 Å². The number of carbonyl (C=O) groups is 2. The highest BCUT2D eigenvalue weighted by Gasteiger charge is 2.36. The zero-order valence-corrected chi connectivity index (χ0v) is 23.3. The third-order valence-electron chi connectivity index (χ3n) is 6.14. The van der Waals surface area contributed by atoms with Gasteiger partial charge in [-0.3, -0.25) is 14.5 Å². The summed E-state index contributed by atoms with van der Waals surface area (Å²) in [6.07, 6.45) is 8.99. The molecule has 0 N–H and O–H groups in total. The van der Waals surface area contributed by atoms with Crippen LogP contribution in [0.5, 0.6) is 0 Å². The maximum absolute atomic E-state index is 13.7. The molecule has 2 amide bonds. The SMILES string of the molecule is CN(C)CCCN1N=C2CCC(C(=O)N(COCCS(C)(C)C)c3cccc(Cl)c3)CN2CC1=O. The lowest BCUT2D eigenvalue weighted by Crippen LogP contribution is -2.54. The van der Waals surface area contributed by atoms with Gasteiger partial charge in [-0.15, -0.1) is 0 Å². The Morgan fingerprint density at radius 1 is 1.29 bits per heavy atom. The Hall–Kier alpha value is -1.81. The second kappa shape index (κ2) is 12.4. The number of nitrogens with zero attached hydrogens (tertiary/aromatic N) is 5. The van der Waals surface area contributed by atoms with E-state index < -0.39 is 10.0 Å². The lowest BCUT2D eigenvalue weighted by atomic mass is 9.95. The van der Waals surface area contributed by atoms with Crippen LogP contribution < -0.4 is 4.90 Å². The molecule has 35 heavy (non-hydrogen) atoms. The Labute approximate surface area is 216 Å². The summed E-state index contributed by atoms with van der Waals surface area (Å²) in [6, 6.07) is 7.32. The minimum atomic E-state index is -0.675. The molecule has 2 aliphatic rings. The van der Waals surface area contributed by atoms with Crippen molar-refractivity contribution in [2.75, 3.05) is 83.0 Å². The van der Waals surface area contributed by atoms with E-state index in [0.717, 1.165) is 30.2 Å². The Balaban J connectivity index is 1.66. The highest BCUT2D eigenvalue weighted by molar-refractivity contribution is 8.32. The van der Waals surface area contributed by atoms with E-state index in [0.29, 0.717) is 37.6 Å². The molecule has 1 aromatic rings. The van der Waals surface area contributed by atoms with Crippen LogP contribution >= 0.6 is 21.6 Å². The van der Waals surface area contributed by atoms with Gasteiger partial charge in [0.15, 0.2) is 0 Å². The number of hydrogen-bond acceptors (Lipinski definition) is 6. The third-order valence-corrected chi connectivity index (χ3v) is 7.77. The molecule has 1 unspecified atom stereocenters. The molecule has 2 aliphatic heterocycles. The van der Waals surface area contributed by atoms with Gasteiger partial charge in [0.05, 0.1) is 12.5 Å². The van der Waals surface area contributed by atoms with Crippen molar-refractivity contribution in [1.29, 1.82) is 0 Å². The van der Waals surface area contributed by atoms with Gasteiger partial charge in [-0.2, -0.15) is 5.10 Å². The van der Waals surface area contributed by atoms with Crippen LogP contribution in [0.4, 0.5) is 5.69 Å². The number of ether oxygens (including phenoxy) is 1. The summed E-state index contributed by atoms with van der Waals surface area (Å²) < 4.78 is 5.95. The fraction of sp³-hybridized carbons (Fsp3) is 0.640. The van der Waals surface area contributed by atoms with Crippen LogP contribution in [0.3, 0.4) is 0 Å². The summed E-state index contributed by atoms with van der Waals surface area (Å²) in [5.41, 5.74) is 0.729. The highest BCUT2D eigenvalue weighted by atomic mass is 35.5. The molecule has 10 heteroatoms. The fourth-order valence-electron chi connectivity index (χ4n) is 4.14. The molecule has 8 nitrogen and oxygen atoms in total. The molecular weight excluding hydrogens is 486 g/mol. The molecule has 0 aromatic heterocycles. The molecule has 196 valence electrons. The monoisotopic (exact) mass is 525 g/mol. The third kappa shape index (κ3) is 8.37. The fourth-order valence-corrected chi connectivity index (χ4v) is 4.94.